The van der Waals surface area contributed by atoms with Crippen LogP contribution in [-0.4, -0.2) is 25.2 Å². The summed E-state index contributed by atoms with van der Waals surface area (Å²) >= 11 is 0. The molecule has 2 amide bonds. The summed E-state index contributed by atoms with van der Waals surface area (Å²) < 4.78 is 10.6. The van der Waals surface area contributed by atoms with Gasteiger partial charge in [-0.25, -0.2) is 0 Å². The highest BCUT2D eigenvalue weighted by Gasteiger charge is 2.13. The largest absolute Gasteiger partial charge is 0.454 e. The van der Waals surface area contributed by atoms with Gasteiger partial charge < -0.3 is 25.4 Å². The predicted molar refractivity (Wildman–Crippen MR) is 93.6 cm³/mol. The summed E-state index contributed by atoms with van der Waals surface area (Å²) in [6.45, 7) is 2.42. The highest BCUT2D eigenvalue weighted by molar-refractivity contribution is 5.93. The molecule has 25 heavy (non-hydrogen) atoms. The van der Waals surface area contributed by atoms with Crippen LogP contribution in [0.5, 0.6) is 11.5 Å². The lowest BCUT2D eigenvalue weighted by atomic mass is 10.2. The van der Waals surface area contributed by atoms with E-state index in [1.165, 1.54) is 6.92 Å². The maximum Gasteiger partial charge on any atom is 0.238 e. The molecule has 7 nitrogen and oxygen atoms in total. The van der Waals surface area contributed by atoms with Gasteiger partial charge in [-0.15, -0.1) is 0 Å². The molecule has 1 heterocycles. The van der Waals surface area contributed by atoms with Gasteiger partial charge in [-0.1, -0.05) is 6.07 Å². The highest BCUT2D eigenvalue weighted by atomic mass is 16.7. The van der Waals surface area contributed by atoms with E-state index in [0.29, 0.717) is 17.9 Å². The third-order valence-electron chi connectivity index (χ3n) is 3.54. The van der Waals surface area contributed by atoms with Crippen LogP contribution in [0.3, 0.4) is 0 Å². The molecule has 0 spiro atoms. The Balaban J connectivity index is 1.44. The van der Waals surface area contributed by atoms with Crippen LogP contribution in [-0.2, 0) is 16.1 Å². The molecular formula is C18H19N3O4. The standard InChI is InChI=1S/C18H19N3O4/c1-12(22)20-14-3-5-15(6-4-14)21-18(23)10-19-9-13-2-7-16-17(8-13)25-11-24-16/h2-8,19H,9-11H2,1H3,(H,20,22)(H,21,23). The first-order valence-electron chi connectivity index (χ1n) is 7.87. The molecule has 0 unspecified atom stereocenters. The number of nitrogens with one attached hydrogen (secondary N) is 3. The van der Waals surface area contributed by atoms with Crippen LogP contribution in [0.1, 0.15) is 12.5 Å². The number of hydrogen-bond acceptors (Lipinski definition) is 5. The van der Waals surface area contributed by atoms with Gasteiger partial charge >= 0.3 is 0 Å². The summed E-state index contributed by atoms with van der Waals surface area (Å²) in [4.78, 5) is 22.9. The van der Waals surface area contributed by atoms with E-state index in [0.717, 1.165) is 17.1 Å². The zero-order valence-corrected chi connectivity index (χ0v) is 13.8. The Morgan fingerprint density at radius 2 is 1.64 bits per heavy atom. The van der Waals surface area contributed by atoms with E-state index in [2.05, 4.69) is 16.0 Å². The molecule has 0 saturated heterocycles. The number of rotatable bonds is 6. The molecule has 0 aromatic heterocycles. The fraction of sp³-hybridized carbons (Fsp3) is 0.222. The number of carbonyl (C=O) groups is 2. The van der Waals surface area contributed by atoms with Gasteiger partial charge in [-0.05, 0) is 42.0 Å². The third kappa shape index (κ3) is 4.71. The molecule has 0 atom stereocenters. The molecule has 3 rings (SSSR count). The maximum atomic E-state index is 12.0. The fourth-order valence-corrected chi connectivity index (χ4v) is 2.42. The molecule has 2 aromatic rings. The van der Waals surface area contributed by atoms with Gasteiger partial charge in [0.05, 0.1) is 6.54 Å². The Bertz CT molecular complexity index is 774. The number of hydrogen-bond donors (Lipinski definition) is 3. The number of carbonyl (C=O) groups excluding carboxylic acids is 2. The monoisotopic (exact) mass is 341 g/mol. The minimum absolute atomic E-state index is 0.135. The summed E-state index contributed by atoms with van der Waals surface area (Å²) in [5.74, 6) is 1.18. The molecular weight excluding hydrogens is 322 g/mol. The second kappa shape index (κ2) is 7.67. The molecule has 130 valence electrons. The lowest BCUT2D eigenvalue weighted by Gasteiger charge is -2.08. The number of anilines is 2. The zero-order valence-electron chi connectivity index (χ0n) is 13.8. The van der Waals surface area contributed by atoms with Crippen LogP contribution >= 0.6 is 0 Å². The van der Waals surface area contributed by atoms with Gasteiger partial charge in [-0.3, -0.25) is 9.59 Å². The molecule has 0 aliphatic carbocycles. The van der Waals surface area contributed by atoms with Crippen molar-refractivity contribution >= 4 is 23.2 Å². The fourth-order valence-electron chi connectivity index (χ4n) is 2.42. The summed E-state index contributed by atoms with van der Waals surface area (Å²) in [5.41, 5.74) is 2.37. The molecule has 0 bridgehead atoms. The van der Waals surface area contributed by atoms with Crippen molar-refractivity contribution in [3.63, 3.8) is 0 Å². The SMILES string of the molecule is CC(=O)Nc1ccc(NC(=O)CNCc2ccc3c(c2)OCO3)cc1. The first-order chi connectivity index (χ1) is 12.1. The number of ether oxygens (including phenoxy) is 2. The van der Waals surface area contributed by atoms with Crippen molar-refractivity contribution in [1.82, 2.24) is 5.32 Å². The van der Waals surface area contributed by atoms with Crippen molar-refractivity contribution in [2.75, 3.05) is 24.0 Å². The van der Waals surface area contributed by atoms with E-state index in [9.17, 15) is 9.59 Å². The van der Waals surface area contributed by atoms with Crippen LogP contribution < -0.4 is 25.4 Å². The van der Waals surface area contributed by atoms with Crippen LogP contribution in [0.15, 0.2) is 42.5 Å². The molecule has 0 saturated carbocycles. The molecule has 0 radical (unpaired) electrons. The molecule has 0 fully saturated rings. The number of amides is 2. The van der Waals surface area contributed by atoms with Crippen molar-refractivity contribution in [1.29, 1.82) is 0 Å². The number of benzene rings is 2. The van der Waals surface area contributed by atoms with Gasteiger partial charge in [0, 0.05) is 24.8 Å². The molecule has 3 N–H and O–H groups in total. The second-order valence-corrected chi connectivity index (χ2v) is 5.60. The van der Waals surface area contributed by atoms with E-state index < -0.39 is 0 Å². The van der Waals surface area contributed by atoms with E-state index in [4.69, 9.17) is 9.47 Å². The summed E-state index contributed by atoms with van der Waals surface area (Å²) in [7, 11) is 0. The average Bonchev–Trinajstić information content (AvgIpc) is 3.04. The summed E-state index contributed by atoms with van der Waals surface area (Å²) in [5, 5.41) is 8.55. The van der Waals surface area contributed by atoms with Crippen LogP contribution in [0.25, 0.3) is 0 Å². The van der Waals surface area contributed by atoms with Crippen LogP contribution in [0, 0.1) is 0 Å². The van der Waals surface area contributed by atoms with E-state index in [-0.39, 0.29) is 25.2 Å². The van der Waals surface area contributed by atoms with E-state index >= 15 is 0 Å². The second-order valence-electron chi connectivity index (χ2n) is 5.60. The van der Waals surface area contributed by atoms with Crippen molar-refractivity contribution < 1.29 is 19.1 Å². The highest BCUT2D eigenvalue weighted by Crippen LogP contribution is 2.32. The van der Waals surface area contributed by atoms with Crippen molar-refractivity contribution in [2.45, 2.75) is 13.5 Å². The minimum Gasteiger partial charge on any atom is -0.454 e. The van der Waals surface area contributed by atoms with E-state index in [1.54, 1.807) is 24.3 Å². The van der Waals surface area contributed by atoms with Gasteiger partial charge in [-0.2, -0.15) is 0 Å². The smallest absolute Gasteiger partial charge is 0.238 e. The molecule has 7 heteroatoms. The van der Waals surface area contributed by atoms with E-state index in [1.807, 2.05) is 18.2 Å². The van der Waals surface area contributed by atoms with Gasteiger partial charge in [0.15, 0.2) is 11.5 Å². The normalized spacial score (nSPS) is 11.9. The van der Waals surface area contributed by atoms with Gasteiger partial charge in [0.25, 0.3) is 0 Å². The third-order valence-corrected chi connectivity index (χ3v) is 3.54. The first-order valence-corrected chi connectivity index (χ1v) is 7.87. The lowest BCUT2D eigenvalue weighted by Crippen LogP contribution is -2.27. The Hall–Kier alpha value is -3.06. The Kier molecular flexibility index (Phi) is 5.15. The number of fused-ring (bicyclic) bond motifs is 1. The van der Waals surface area contributed by atoms with Crippen molar-refractivity contribution in [2.24, 2.45) is 0 Å². The minimum atomic E-state index is -0.145. The van der Waals surface area contributed by atoms with Crippen molar-refractivity contribution in [3.8, 4) is 11.5 Å². The van der Waals surface area contributed by atoms with Gasteiger partial charge in [0.2, 0.25) is 18.6 Å². The maximum absolute atomic E-state index is 12.0. The van der Waals surface area contributed by atoms with Crippen LogP contribution in [0.2, 0.25) is 0 Å². The first kappa shape index (κ1) is 16.8. The molecule has 2 aromatic carbocycles. The molecule has 1 aliphatic rings. The van der Waals surface area contributed by atoms with Crippen LogP contribution in [0.4, 0.5) is 11.4 Å². The Labute approximate surface area is 145 Å². The molecule has 1 aliphatic heterocycles. The van der Waals surface area contributed by atoms with Crippen molar-refractivity contribution in [3.05, 3.63) is 48.0 Å². The average molecular weight is 341 g/mol. The van der Waals surface area contributed by atoms with Gasteiger partial charge in [0.1, 0.15) is 0 Å². The quantitative estimate of drug-likeness (QED) is 0.749. The summed E-state index contributed by atoms with van der Waals surface area (Å²) in [6, 6.07) is 12.6. The predicted octanol–water partition coefficient (Wildman–Crippen LogP) is 2.10. The topological polar surface area (TPSA) is 88.7 Å². The Morgan fingerprint density at radius 3 is 2.36 bits per heavy atom. The Morgan fingerprint density at radius 1 is 0.960 bits per heavy atom. The zero-order chi connectivity index (χ0) is 17.6. The summed E-state index contributed by atoms with van der Waals surface area (Å²) in [6.07, 6.45) is 0. The lowest BCUT2D eigenvalue weighted by molar-refractivity contribution is -0.115.